The summed E-state index contributed by atoms with van der Waals surface area (Å²) in [6.07, 6.45) is -0.729. The maximum absolute atomic E-state index is 11.3. The lowest BCUT2D eigenvalue weighted by Crippen LogP contribution is -2.46. The average molecular weight is 220 g/mol. The van der Waals surface area contributed by atoms with E-state index < -0.39 is 37.3 Å². The molecule has 0 aromatic rings. The van der Waals surface area contributed by atoms with Crippen molar-refractivity contribution in [2.75, 3.05) is 19.8 Å². The molecule has 0 saturated heterocycles. The molecule has 15 heavy (non-hydrogen) atoms. The van der Waals surface area contributed by atoms with Gasteiger partial charge in [0, 0.05) is 0 Å². The Morgan fingerprint density at radius 1 is 1.13 bits per heavy atom. The second-order valence-electron chi connectivity index (χ2n) is 4.07. The summed E-state index contributed by atoms with van der Waals surface area (Å²) < 4.78 is 5.03. The number of ether oxygens (including phenoxy) is 1. The first-order valence-electron chi connectivity index (χ1n) is 4.96. The van der Waals surface area contributed by atoms with Crippen molar-refractivity contribution in [3.63, 3.8) is 0 Å². The third-order valence-electron chi connectivity index (χ3n) is 2.57. The summed E-state index contributed by atoms with van der Waals surface area (Å²) in [6, 6.07) is 0. The summed E-state index contributed by atoms with van der Waals surface area (Å²) in [5.74, 6) is -0.691. The molecule has 0 amide bonds. The van der Waals surface area contributed by atoms with Crippen LogP contribution in [0.2, 0.25) is 0 Å². The van der Waals surface area contributed by atoms with Gasteiger partial charge in [0.1, 0.15) is 6.10 Å². The van der Waals surface area contributed by atoms with Crippen molar-refractivity contribution < 1.29 is 24.9 Å². The zero-order valence-corrected chi connectivity index (χ0v) is 9.43. The zero-order valence-electron chi connectivity index (χ0n) is 9.43. The number of hydrogen-bond acceptors (Lipinski definition) is 5. The number of carbonyl (C=O) groups is 1. The molecule has 0 saturated carbocycles. The molecule has 0 aromatic carbocycles. The van der Waals surface area contributed by atoms with Crippen molar-refractivity contribution in [1.29, 1.82) is 0 Å². The van der Waals surface area contributed by atoms with Crippen molar-refractivity contribution in [2.45, 2.75) is 26.9 Å². The second-order valence-corrected chi connectivity index (χ2v) is 4.07. The van der Waals surface area contributed by atoms with Gasteiger partial charge in [-0.2, -0.15) is 0 Å². The molecule has 0 heterocycles. The molecule has 1 atom stereocenters. The van der Waals surface area contributed by atoms with Crippen LogP contribution in [0.3, 0.4) is 0 Å². The highest BCUT2D eigenvalue weighted by atomic mass is 16.5. The highest BCUT2D eigenvalue weighted by Crippen LogP contribution is 2.23. The van der Waals surface area contributed by atoms with Gasteiger partial charge < -0.3 is 20.1 Å². The Labute approximate surface area is 89.7 Å². The Morgan fingerprint density at radius 2 is 1.53 bits per heavy atom. The number of aliphatic hydroxyl groups is 3. The van der Waals surface area contributed by atoms with Gasteiger partial charge in [0.2, 0.25) is 0 Å². The van der Waals surface area contributed by atoms with Crippen molar-refractivity contribution in [3.8, 4) is 0 Å². The van der Waals surface area contributed by atoms with Crippen LogP contribution in [0.25, 0.3) is 0 Å². The topological polar surface area (TPSA) is 87.0 Å². The lowest BCUT2D eigenvalue weighted by Gasteiger charge is -2.33. The summed E-state index contributed by atoms with van der Waals surface area (Å²) in [4.78, 5) is 11.3. The molecule has 3 N–H and O–H groups in total. The van der Waals surface area contributed by atoms with Crippen LogP contribution in [0.15, 0.2) is 0 Å². The van der Waals surface area contributed by atoms with Crippen molar-refractivity contribution >= 4 is 5.97 Å². The van der Waals surface area contributed by atoms with E-state index in [1.54, 1.807) is 20.8 Å². The maximum atomic E-state index is 11.3. The smallest absolute Gasteiger partial charge is 0.308 e. The molecule has 1 unspecified atom stereocenters. The van der Waals surface area contributed by atoms with Crippen LogP contribution in [0.1, 0.15) is 20.8 Å². The van der Waals surface area contributed by atoms with E-state index >= 15 is 0 Å². The van der Waals surface area contributed by atoms with Gasteiger partial charge in [0.25, 0.3) is 0 Å². The SMILES string of the molecule is CC(C)C(=O)OC(C)C(CO)(CO)CO. The predicted octanol–water partition coefficient (Wildman–Crippen LogP) is -0.463. The summed E-state index contributed by atoms with van der Waals surface area (Å²) in [5.41, 5.74) is -1.18. The Balaban J connectivity index is 4.51. The molecular weight excluding hydrogens is 200 g/mol. The van der Waals surface area contributed by atoms with Crippen LogP contribution < -0.4 is 0 Å². The molecule has 0 aliphatic rings. The van der Waals surface area contributed by atoms with Crippen LogP contribution in [-0.4, -0.2) is 47.2 Å². The average Bonchev–Trinajstić information content (AvgIpc) is 2.21. The van der Waals surface area contributed by atoms with Crippen LogP contribution in [0, 0.1) is 11.3 Å². The highest BCUT2D eigenvalue weighted by molar-refractivity contribution is 5.71. The number of rotatable bonds is 6. The van der Waals surface area contributed by atoms with Crippen LogP contribution in [0.4, 0.5) is 0 Å². The van der Waals surface area contributed by atoms with E-state index in [2.05, 4.69) is 0 Å². The van der Waals surface area contributed by atoms with Gasteiger partial charge in [-0.05, 0) is 6.92 Å². The van der Waals surface area contributed by atoms with E-state index in [1.165, 1.54) is 0 Å². The van der Waals surface area contributed by atoms with E-state index in [0.717, 1.165) is 0 Å². The van der Waals surface area contributed by atoms with E-state index in [1.807, 2.05) is 0 Å². The first-order valence-corrected chi connectivity index (χ1v) is 4.96. The van der Waals surface area contributed by atoms with Crippen molar-refractivity contribution in [3.05, 3.63) is 0 Å². The van der Waals surface area contributed by atoms with Crippen molar-refractivity contribution in [2.24, 2.45) is 11.3 Å². The number of aliphatic hydroxyl groups excluding tert-OH is 3. The zero-order chi connectivity index (χ0) is 12.1. The molecule has 5 nitrogen and oxygen atoms in total. The van der Waals surface area contributed by atoms with Gasteiger partial charge >= 0.3 is 5.97 Å². The molecular formula is C10H20O5. The molecule has 0 rings (SSSR count). The molecule has 0 aliphatic carbocycles. The molecule has 0 fully saturated rings. The third-order valence-corrected chi connectivity index (χ3v) is 2.57. The van der Waals surface area contributed by atoms with Gasteiger partial charge in [0.05, 0.1) is 31.2 Å². The van der Waals surface area contributed by atoms with Gasteiger partial charge in [-0.1, -0.05) is 13.8 Å². The summed E-state index contributed by atoms with van der Waals surface area (Å²) >= 11 is 0. The molecule has 5 heteroatoms. The molecule has 0 bridgehead atoms. The summed E-state index contributed by atoms with van der Waals surface area (Å²) in [6.45, 7) is 3.61. The number of carbonyl (C=O) groups excluding carboxylic acids is 1. The van der Waals surface area contributed by atoms with Crippen LogP contribution in [-0.2, 0) is 9.53 Å². The fraction of sp³-hybridized carbons (Fsp3) is 0.900. The van der Waals surface area contributed by atoms with Crippen molar-refractivity contribution in [1.82, 2.24) is 0 Å². The molecule has 0 spiro atoms. The lowest BCUT2D eigenvalue weighted by molar-refractivity contribution is -0.166. The Hall–Kier alpha value is -0.650. The Morgan fingerprint density at radius 3 is 1.80 bits per heavy atom. The Bertz CT molecular complexity index is 190. The first-order chi connectivity index (χ1) is 6.93. The molecule has 0 radical (unpaired) electrons. The normalized spacial score (nSPS) is 14.1. The largest absolute Gasteiger partial charge is 0.462 e. The van der Waals surface area contributed by atoms with Crippen LogP contribution in [0.5, 0.6) is 0 Å². The lowest BCUT2D eigenvalue weighted by atomic mass is 9.85. The van der Waals surface area contributed by atoms with Gasteiger partial charge in [0.15, 0.2) is 0 Å². The number of esters is 1. The van der Waals surface area contributed by atoms with Gasteiger partial charge in [-0.25, -0.2) is 0 Å². The Kier molecular flexibility index (Phi) is 5.79. The van der Waals surface area contributed by atoms with E-state index in [-0.39, 0.29) is 5.92 Å². The fourth-order valence-corrected chi connectivity index (χ4v) is 0.971. The van der Waals surface area contributed by atoms with E-state index in [4.69, 9.17) is 20.1 Å². The monoisotopic (exact) mass is 220 g/mol. The molecule has 0 aliphatic heterocycles. The van der Waals surface area contributed by atoms with E-state index in [9.17, 15) is 4.79 Å². The maximum Gasteiger partial charge on any atom is 0.308 e. The molecule has 90 valence electrons. The predicted molar refractivity (Wildman–Crippen MR) is 54.1 cm³/mol. The second kappa shape index (κ2) is 6.05. The first kappa shape index (κ1) is 14.3. The van der Waals surface area contributed by atoms with E-state index in [0.29, 0.717) is 0 Å². The minimum absolute atomic E-state index is 0.277. The molecule has 0 aromatic heterocycles. The summed E-state index contributed by atoms with van der Waals surface area (Å²) in [7, 11) is 0. The van der Waals surface area contributed by atoms with Crippen LogP contribution >= 0.6 is 0 Å². The van der Waals surface area contributed by atoms with Gasteiger partial charge in [-0.3, -0.25) is 4.79 Å². The fourth-order valence-electron chi connectivity index (χ4n) is 0.971. The summed E-state index contributed by atoms with van der Waals surface area (Å²) in [5, 5.41) is 27.3. The minimum atomic E-state index is -1.18. The van der Waals surface area contributed by atoms with Gasteiger partial charge in [-0.15, -0.1) is 0 Å². The quantitative estimate of drug-likeness (QED) is 0.527. The number of hydrogen-bond donors (Lipinski definition) is 3. The third kappa shape index (κ3) is 3.44. The minimum Gasteiger partial charge on any atom is -0.462 e. The standard InChI is InChI=1S/C10H20O5/c1-7(2)9(14)15-8(3)10(4-11,5-12)6-13/h7-8,11-13H,4-6H2,1-3H3. The highest BCUT2D eigenvalue weighted by Gasteiger charge is 2.37.